The standard InChI is InChI=1S/C25H25FN4O3/c1-15-9-10-22(16(2)11-15)32-14-20-18(4)33-29-24(20)25(31)27-23-12-17(3)30(28-23)13-19-7-5-6-8-21(19)26/h5-12H,13-14H2,1-4H3,(H,27,28,31). The fourth-order valence-electron chi connectivity index (χ4n) is 3.55. The van der Waals surface area contributed by atoms with Gasteiger partial charge < -0.3 is 14.6 Å². The number of aryl methyl sites for hydroxylation is 4. The molecule has 2 aromatic heterocycles. The van der Waals surface area contributed by atoms with E-state index in [4.69, 9.17) is 9.26 Å². The minimum absolute atomic E-state index is 0.138. The van der Waals surface area contributed by atoms with Crippen molar-refractivity contribution in [2.24, 2.45) is 0 Å². The second kappa shape index (κ2) is 9.28. The highest BCUT2D eigenvalue weighted by Crippen LogP contribution is 2.23. The van der Waals surface area contributed by atoms with Crippen molar-refractivity contribution in [3.63, 3.8) is 0 Å². The molecule has 1 amide bonds. The van der Waals surface area contributed by atoms with Gasteiger partial charge in [-0.2, -0.15) is 5.10 Å². The first-order valence-electron chi connectivity index (χ1n) is 10.6. The highest BCUT2D eigenvalue weighted by atomic mass is 19.1. The van der Waals surface area contributed by atoms with Gasteiger partial charge in [-0.15, -0.1) is 0 Å². The van der Waals surface area contributed by atoms with Gasteiger partial charge in [0.1, 0.15) is 23.9 Å². The first kappa shape index (κ1) is 22.3. The average Bonchev–Trinajstić information content (AvgIpc) is 3.31. The second-order valence-electron chi connectivity index (χ2n) is 8.00. The van der Waals surface area contributed by atoms with E-state index in [0.717, 1.165) is 22.6 Å². The lowest BCUT2D eigenvalue weighted by Gasteiger charge is -2.10. The van der Waals surface area contributed by atoms with E-state index in [1.807, 2.05) is 39.0 Å². The average molecular weight is 448 g/mol. The van der Waals surface area contributed by atoms with Crippen molar-refractivity contribution in [1.82, 2.24) is 14.9 Å². The largest absolute Gasteiger partial charge is 0.488 e. The van der Waals surface area contributed by atoms with E-state index in [1.54, 1.807) is 35.9 Å². The summed E-state index contributed by atoms with van der Waals surface area (Å²) in [6.45, 7) is 7.96. The summed E-state index contributed by atoms with van der Waals surface area (Å²) in [6, 6.07) is 14.1. The number of carbonyl (C=O) groups excluding carboxylic acids is 1. The van der Waals surface area contributed by atoms with Crippen molar-refractivity contribution in [3.05, 3.63) is 93.8 Å². The van der Waals surface area contributed by atoms with Gasteiger partial charge in [0.05, 0.1) is 12.1 Å². The molecule has 0 bridgehead atoms. The minimum Gasteiger partial charge on any atom is -0.488 e. The predicted molar refractivity (Wildman–Crippen MR) is 122 cm³/mol. The zero-order valence-corrected chi connectivity index (χ0v) is 19.0. The fourth-order valence-corrected chi connectivity index (χ4v) is 3.55. The van der Waals surface area contributed by atoms with Crippen LogP contribution >= 0.6 is 0 Å². The molecule has 2 aromatic carbocycles. The Morgan fingerprint density at radius 2 is 1.91 bits per heavy atom. The molecule has 0 aliphatic rings. The molecule has 4 aromatic rings. The van der Waals surface area contributed by atoms with Crippen LogP contribution in [-0.2, 0) is 13.2 Å². The van der Waals surface area contributed by atoms with Gasteiger partial charge in [0.15, 0.2) is 11.5 Å². The van der Waals surface area contributed by atoms with Gasteiger partial charge in [-0.1, -0.05) is 41.1 Å². The maximum absolute atomic E-state index is 14.0. The number of ether oxygens (including phenoxy) is 1. The lowest BCUT2D eigenvalue weighted by atomic mass is 10.1. The molecule has 0 fully saturated rings. The number of nitrogens with one attached hydrogen (secondary N) is 1. The quantitative estimate of drug-likeness (QED) is 0.424. The highest BCUT2D eigenvalue weighted by Gasteiger charge is 2.22. The van der Waals surface area contributed by atoms with Crippen LogP contribution in [0.25, 0.3) is 0 Å². The van der Waals surface area contributed by atoms with Crippen LogP contribution in [0.2, 0.25) is 0 Å². The van der Waals surface area contributed by atoms with E-state index in [1.165, 1.54) is 6.07 Å². The topological polar surface area (TPSA) is 82.2 Å². The number of amides is 1. The number of halogens is 1. The molecule has 4 rings (SSSR count). The molecule has 2 heterocycles. The number of benzene rings is 2. The van der Waals surface area contributed by atoms with Crippen molar-refractivity contribution < 1.29 is 18.4 Å². The third kappa shape index (κ3) is 4.95. The summed E-state index contributed by atoms with van der Waals surface area (Å²) in [5.74, 6) is 0.822. The smallest absolute Gasteiger partial charge is 0.279 e. The lowest BCUT2D eigenvalue weighted by molar-refractivity contribution is 0.101. The van der Waals surface area contributed by atoms with E-state index in [9.17, 15) is 9.18 Å². The SMILES string of the molecule is Cc1ccc(OCc2c(C(=O)Nc3cc(C)n(Cc4ccccc4F)n3)noc2C)c(C)c1. The van der Waals surface area contributed by atoms with Crippen LogP contribution < -0.4 is 10.1 Å². The maximum Gasteiger partial charge on any atom is 0.279 e. The van der Waals surface area contributed by atoms with E-state index in [-0.39, 0.29) is 24.7 Å². The molecule has 0 unspecified atom stereocenters. The molecule has 1 N–H and O–H groups in total. The zero-order valence-electron chi connectivity index (χ0n) is 19.0. The second-order valence-corrected chi connectivity index (χ2v) is 8.00. The Hall–Kier alpha value is -3.94. The number of hydrogen-bond donors (Lipinski definition) is 1. The van der Waals surface area contributed by atoms with E-state index in [2.05, 4.69) is 15.6 Å². The van der Waals surface area contributed by atoms with Crippen LogP contribution in [0.3, 0.4) is 0 Å². The molecule has 0 radical (unpaired) electrons. The summed E-state index contributed by atoms with van der Waals surface area (Å²) in [5, 5.41) is 11.1. The molecule has 0 spiro atoms. The van der Waals surface area contributed by atoms with Crippen molar-refractivity contribution in [1.29, 1.82) is 0 Å². The first-order valence-corrected chi connectivity index (χ1v) is 10.6. The zero-order chi connectivity index (χ0) is 23.5. The first-order chi connectivity index (χ1) is 15.8. The van der Waals surface area contributed by atoms with E-state index in [0.29, 0.717) is 22.7 Å². The minimum atomic E-state index is -0.457. The van der Waals surface area contributed by atoms with Crippen molar-refractivity contribution in [2.45, 2.75) is 40.8 Å². The van der Waals surface area contributed by atoms with Crippen molar-refractivity contribution >= 4 is 11.7 Å². The Balaban J connectivity index is 1.48. The predicted octanol–water partition coefficient (Wildman–Crippen LogP) is 5.12. The molecule has 0 saturated heterocycles. The molecule has 0 atom stereocenters. The summed E-state index contributed by atoms with van der Waals surface area (Å²) in [7, 11) is 0. The Bertz CT molecular complexity index is 1310. The number of rotatable bonds is 7. The third-order valence-corrected chi connectivity index (χ3v) is 5.40. The summed E-state index contributed by atoms with van der Waals surface area (Å²) >= 11 is 0. The molecular formula is C25H25FN4O3. The van der Waals surface area contributed by atoms with Crippen LogP contribution in [-0.4, -0.2) is 20.8 Å². The van der Waals surface area contributed by atoms with Crippen molar-refractivity contribution in [2.75, 3.05) is 5.32 Å². The number of aromatic nitrogens is 3. The normalized spacial score (nSPS) is 10.9. The fraction of sp³-hybridized carbons (Fsp3) is 0.240. The summed E-state index contributed by atoms with van der Waals surface area (Å²) in [6.07, 6.45) is 0. The van der Waals surface area contributed by atoms with Gasteiger partial charge in [0, 0.05) is 17.3 Å². The molecule has 33 heavy (non-hydrogen) atoms. The summed E-state index contributed by atoms with van der Waals surface area (Å²) in [4.78, 5) is 12.9. The van der Waals surface area contributed by atoms with Gasteiger partial charge in [-0.05, 0) is 45.4 Å². The number of anilines is 1. The van der Waals surface area contributed by atoms with Gasteiger partial charge >= 0.3 is 0 Å². The van der Waals surface area contributed by atoms with Crippen LogP contribution in [0.15, 0.2) is 53.1 Å². The van der Waals surface area contributed by atoms with E-state index >= 15 is 0 Å². The summed E-state index contributed by atoms with van der Waals surface area (Å²) < 4.78 is 26.8. The number of carbonyl (C=O) groups is 1. The van der Waals surface area contributed by atoms with Crippen LogP contribution in [0.1, 0.15) is 44.2 Å². The lowest BCUT2D eigenvalue weighted by Crippen LogP contribution is -2.16. The van der Waals surface area contributed by atoms with Gasteiger partial charge in [-0.25, -0.2) is 4.39 Å². The Morgan fingerprint density at radius 3 is 2.67 bits per heavy atom. The summed E-state index contributed by atoms with van der Waals surface area (Å²) in [5.41, 5.74) is 4.15. The van der Waals surface area contributed by atoms with Gasteiger partial charge in [0.2, 0.25) is 0 Å². The number of hydrogen-bond acceptors (Lipinski definition) is 5. The van der Waals surface area contributed by atoms with Crippen molar-refractivity contribution in [3.8, 4) is 5.75 Å². The van der Waals surface area contributed by atoms with E-state index < -0.39 is 5.91 Å². The Labute approximate surface area is 191 Å². The van der Waals surface area contributed by atoms with Crippen LogP contribution in [0.4, 0.5) is 10.2 Å². The molecule has 0 saturated carbocycles. The Morgan fingerprint density at radius 1 is 1.12 bits per heavy atom. The van der Waals surface area contributed by atoms with Gasteiger partial charge in [-0.3, -0.25) is 9.48 Å². The Kier molecular flexibility index (Phi) is 6.26. The molecular weight excluding hydrogens is 423 g/mol. The molecule has 0 aliphatic carbocycles. The molecule has 8 heteroatoms. The molecule has 0 aliphatic heterocycles. The maximum atomic E-state index is 14.0. The number of nitrogens with zero attached hydrogens (tertiary/aromatic N) is 3. The van der Waals surface area contributed by atoms with Gasteiger partial charge in [0.25, 0.3) is 5.91 Å². The van der Waals surface area contributed by atoms with Crippen LogP contribution in [0, 0.1) is 33.5 Å². The highest BCUT2D eigenvalue weighted by molar-refractivity contribution is 6.03. The van der Waals surface area contributed by atoms with Crippen LogP contribution in [0.5, 0.6) is 5.75 Å². The molecule has 7 nitrogen and oxygen atoms in total. The monoisotopic (exact) mass is 448 g/mol. The molecule has 170 valence electrons. The third-order valence-electron chi connectivity index (χ3n) is 5.40.